The molecule has 0 saturated carbocycles. The molecule has 1 aromatic carbocycles. The summed E-state index contributed by atoms with van der Waals surface area (Å²) >= 11 is 0. The van der Waals surface area contributed by atoms with Crippen LogP contribution >= 0.6 is 0 Å². The normalized spacial score (nSPS) is 22.3. The van der Waals surface area contributed by atoms with Crippen LogP contribution in [0.1, 0.15) is 39.0 Å². The molecule has 2 aliphatic heterocycles. The first kappa shape index (κ1) is 20.0. The number of piperidine rings is 2. The van der Waals surface area contributed by atoms with Crippen molar-refractivity contribution < 1.29 is 9.59 Å². The lowest BCUT2D eigenvalue weighted by Gasteiger charge is -2.45. The van der Waals surface area contributed by atoms with Crippen LogP contribution in [0.15, 0.2) is 30.5 Å². The molecule has 1 N–H and O–H groups in total. The van der Waals surface area contributed by atoms with Gasteiger partial charge in [-0.05, 0) is 62.9 Å². The quantitative estimate of drug-likeness (QED) is 0.843. The number of amides is 2. The van der Waals surface area contributed by atoms with Crippen LogP contribution in [0.3, 0.4) is 0 Å². The summed E-state index contributed by atoms with van der Waals surface area (Å²) in [6.45, 7) is 5.13. The van der Waals surface area contributed by atoms with E-state index in [1.165, 1.54) is 52.1 Å². The number of nitrogens with one attached hydrogen (secondary N) is 1. The number of hydrogen-bond donors (Lipinski definition) is 1. The van der Waals surface area contributed by atoms with Gasteiger partial charge in [0.15, 0.2) is 0 Å². The Morgan fingerprint density at radius 2 is 1.97 bits per heavy atom. The molecule has 156 valence electrons. The molecule has 2 fully saturated rings. The minimum absolute atomic E-state index is 0.0923. The Kier molecular flexibility index (Phi) is 5.90. The van der Waals surface area contributed by atoms with Crippen LogP contribution in [-0.4, -0.2) is 58.9 Å². The monoisotopic (exact) mass is 396 g/mol. The van der Waals surface area contributed by atoms with E-state index in [1.54, 1.807) is 0 Å². The highest BCUT2D eigenvalue weighted by Crippen LogP contribution is 2.31. The van der Waals surface area contributed by atoms with Crippen LogP contribution in [0.5, 0.6) is 0 Å². The van der Waals surface area contributed by atoms with Crippen LogP contribution in [0.4, 0.5) is 5.69 Å². The highest BCUT2D eigenvalue weighted by atomic mass is 16.2. The fraction of sp³-hybridized carbons (Fsp3) is 0.565. The summed E-state index contributed by atoms with van der Waals surface area (Å²) in [6.07, 6.45) is 8.33. The highest BCUT2D eigenvalue weighted by Gasteiger charge is 2.34. The summed E-state index contributed by atoms with van der Waals surface area (Å²) in [7, 11) is 1.94. The van der Waals surface area contributed by atoms with Crippen molar-refractivity contribution in [2.75, 3.05) is 32.0 Å². The summed E-state index contributed by atoms with van der Waals surface area (Å²) in [5.74, 6) is 0.636. The number of carbonyl (C=O) groups is 2. The zero-order valence-corrected chi connectivity index (χ0v) is 17.6. The number of benzene rings is 1. The van der Waals surface area contributed by atoms with Gasteiger partial charge < -0.3 is 19.7 Å². The Labute approximate surface area is 172 Å². The van der Waals surface area contributed by atoms with Crippen molar-refractivity contribution >= 4 is 28.4 Å². The fourth-order valence-corrected chi connectivity index (χ4v) is 5.17. The van der Waals surface area contributed by atoms with Gasteiger partial charge in [0, 0.05) is 38.1 Å². The molecule has 0 aliphatic carbocycles. The third-order valence-corrected chi connectivity index (χ3v) is 6.59. The molecule has 0 bridgehead atoms. The molecular formula is C23H32N4O2. The van der Waals surface area contributed by atoms with E-state index in [0.717, 1.165) is 23.1 Å². The van der Waals surface area contributed by atoms with Crippen molar-refractivity contribution in [1.82, 2.24) is 14.4 Å². The van der Waals surface area contributed by atoms with E-state index in [-0.39, 0.29) is 11.8 Å². The maximum Gasteiger partial charge on any atom is 0.242 e. The van der Waals surface area contributed by atoms with Crippen LogP contribution in [0, 0.1) is 5.92 Å². The number of nitrogens with zero attached hydrogens (tertiary/aromatic N) is 3. The molecule has 2 atom stereocenters. The number of hydrogen-bond acceptors (Lipinski definition) is 3. The van der Waals surface area contributed by atoms with Crippen molar-refractivity contribution in [2.45, 2.75) is 51.6 Å². The standard InChI is InChI=1S/C23H32N4O2/c1-17(28)24-20-8-5-10-22-19(20)11-14-27(22)16-23(29)25(2)15-18-7-6-13-26-12-4-3-9-21(18)26/h5,8,10-11,14,18,21H,3-4,6-7,9,12-13,15-16H2,1-2H3,(H,24,28)/t18-,21+/m0/s1. The number of likely N-dealkylation sites (N-methyl/N-ethyl adjacent to an activating group) is 1. The van der Waals surface area contributed by atoms with Gasteiger partial charge in [0.25, 0.3) is 0 Å². The van der Waals surface area contributed by atoms with Crippen molar-refractivity contribution in [3.63, 3.8) is 0 Å². The van der Waals surface area contributed by atoms with Gasteiger partial charge in [-0.25, -0.2) is 0 Å². The van der Waals surface area contributed by atoms with Gasteiger partial charge >= 0.3 is 0 Å². The molecule has 6 heteroatoms. The fourth-order valence-electron chi connectivity index (χ4n) is 5.17. The maximum atomic E-state index is 13.0. The first-order chi connectivity index (χ1) is 14.0. The van der Waals surface area contributed by atoms with Crippen molar-refractivity contribution in [1.29, 1.82) is 0 Å². The summed E-state index contributed by atoms with van der Waals surface area (Å²) in [4.78, 5) is 29.0. The van der Waals surface area contributed by atoms with Crippen LogP contribution < -0.4 is 5.32 Å². The van der Waals surface area contributed by atoms with Crippen LogP contribution in [0.25, 0.3) is 10.9 Å². The lowest BCUT2D eigenvalue weighted by molar-refractivity contribution is -0.131. The topological polar surface area (TPSA) is 57.6 Å². The summed E-state index contributed by atoms with van der Waals surface area (Å²) < 4.78 is 1.98. The van der Waals surface area contributed by atoms with Gasteiger partial charge in [0.05, 0.1) is 11.2 Å². The maximum absolute atomic E-state index is 13.0. The van der Waals surface area contributed by atoms with E-state index < -0.39 is 0 Å². The first-order valence-electron chi connectivity index (χ1n) is 10.9. The van der Waals surface area contributed by atoms with Gasteiger partial charge in [0.1, 0.15) is 6.54 Å². The SMILES string of the molecule is CC(=O)Nc1cccc2c1ccn2CC(=O)N(C)C[C@@H]1CCCN2CCCC[C@H]12. The average Bonchev–Trinajstić information content (AvgIpc) is 3.12. The smallest absolute Gasteiger partial charge is 0.242 e. The van der Waals surface area contributed by atoms with Crippen LogP contribution in [0.2, 0.25) is 0 Å². The molecular weight excluding hydrogens is 364 g/mol. The second kappa shape index (κ2) is 8.57. The lowest BCUT2D eigenvalue weighted by Crippen LogP contribution is -2.51. The number of carbonyl (C=O) groups excluding carboxylic acids is 2. The zero-order valence-electron chi connectivity index (χ0n) is 17.6. The van der Waals surface area contributed by atoms with Gasteiger partial charge in [-0.15, -0.1) is 0 Å². The third kappa shape index (κ3) is 4.32. The van der Waals surface area contributed by atoms with Crippen molar-refractivity contribution in [3.8, 4) is 0 Å². The molecule has 2 aliphatic rings. The molecule has 2 amide bonds. The van der Waals surface area contributed by atoms with E-state index in [9.17, 15) is 9.59 Å². The van der Waals surface area contributed by atoms with E-state index in [2.05, 4.69) is 10.2 Å². The zero-order chi connectivity index (χ0) is 20.4. The third-order valence-electron chi connectivity index (χ3n) is 6.59. The molecule has 0 unspecified atom stereocenters. The molecule has 2 aromatic rings. The number of fused-ring (bicyclic) bond motifs is 2. The Balaban J connectivity index is 1.43. The van der Waals surface area contributed by atoms with Crippen molar-refractivity contribution in [2.24, 2.45) is 5.92 Å². The molecule has 0 radical (unpaired) electrons. The molecule has 6 nitrogen and oxygen atoms in total. The molecule has 4 rings (SSSR count). The van der Waals surface area contributed by atoms with E-state index in [0.29, 0.717) is 18.5 Å². The predicted octanol–water partition coefficient (Wildman–Crippen LogP) is 3.32. The number of rotatable bonds is 5. The molecule has 0 spiro atoms. The highest BCUT2D eigenvalue weighted by molar-refractivity contribution is 6.01. The first-order valence-corrected chi connectivity index (χ1v) is 10.9. The molecule has 2 saturated heterocycles. The van der Waals surface area contributed by atoms with Gasteiger partial charge in [-0.2, -0.15) is 0 Å². The van der Waals surface area contributed by atoms with Gasteiger partial charge in [0.2, 0.25) is 11.8 Å². The summed E-state index contributed by atoms with van der Waals surface area (Å²) in [6, 6.07) is 8.42. The van der Waals surface area contributed by atoms with Gasteiger partial charge in [-0.1, -0.05) is 12.5 Å². The number of anilines is 1. The number of aromatic nitrogens is 1. The second-order valence-electron chi connectivity index (χ2n) is 8.64. The Morgan fingerprint density at radius 3 is 2.79 bits per heavy atom. The Hall–Kier alpha value is -2.34. The molecule has 29 heavy (non-hydrogen) atoms. The van der Waals surface area contributed by atoms with E-state index in [1.807, 2.05) is 47.0 Å². The van der Waals surface area contributed by atoms with Crippen LogP contribution in [-0.2, 0) is 16.1 Å². The Morgan fingerprint density at radius 1 is 1.14 bits per heavy atom. The van der Waals surface area contributed by atoms with E-state index >= 15 is 0 Å². The summed E-state index contributed by atoms with van der Waals surface area (Å²) in [5.41, 5.74) is 1.75. The Bertz CT molecular complexity index is 888. The van der Waals surface area contributed by atoms with E-state index in [4.69, 9.17) is 0 Å². The second-order valence-corrected chi connectivity index (χ2v) is 8.64. The summed E-state index contributed by atoms with van der Waals surface area (Å²) in [5, 5.41) is 3.83. The lowest BCUT2D eigenvalue weighted by atomic mass is 9.83. The molecule has 3 heterocycles. The average molecular weight is 397 g/mol. The minimum atomic E-state index is -0.0923. The largest absolute Gasteiger partial charge is 0.344 e. The predicted molar refractivity (Wildman–Crippen MR) is 116 cm³/mol. The van der Waals surface area contributed by atoms with Crippen molar-refractivity contribution in [3.05, 3.63) is 30.5 Å². The molecule has 1 aromatic heterocycles. The van der Waals surface area contributed by atoms with Gasteiger partial charge in [-0.3, -0.25) is 9.59 Å². The minimum Gasteiger partial charge on any atom is -0.344 e.